The second kappa shape index (κ2) is 5.84. The zero-order valence-corrected chi connectivity index (χ0v) is 9.94. The molecule has 1 rings (SSSR count). The van der Waals surface area contributed by atoms with Crippen molar-refractivity contribution in [2.24, 2.45) is 5.73 Å². The molecule has 5 nitrogen and oxygen atoms in total. The molecule has 0 radical (unpaired) electrons. The first kappa shape index (κ1) is 13.0. The molecule has 0 aromatic heterocycles. The maximum absolute atomic E-state index is 11.8. The Labute approximate surface area is 95.9 Å². The first-order valence-corrected chi connectivity index (χ1v) is 5.72. The second-order valence-corrected chi connectivity index (χ2v) is 4.36. The molecule has 0 saturated carbocycles. The van der Waals surface area contributed by atoms with Gasteiger partial charge in [-0.05, 0) is 33.1 Å². The lowest BCUT2D eigenvalue weighted by Crippen LogP contribution is -2.51. The van der Waals surface area contributed by atoms with Gasteiger partial charge >= 0.3 is 0 Å². The van der Waals surface area contributed by atoms with Gasteiger partial charge in [0.15, 0.2) is 0 Å². The Bertz CT molecular complexity index is 266. The van der Waals surface area contributed by atoms with Gasteiger partial charge in [0.2, 0.25) is 11.8 Å². The van der Waals surface area contributed by atoms with Gasteiger partial charge in [0.05, 0.1) is 6.10 Å². The van der Waals surface area contributed by atoms with Crippen LogP contribution in [0.2, 0.25) is 0 Å². The lowest BCUT2D eigenvalue weighted by atomic mass is 10.0. The van der Waals surface area contributed by atoms with E-state index in [1.165, 1.54) is 0 Å². The van der Waals surface area contributed by atoms with Crippen LogP contribution in [0, 0.1) is 0 Å². The fraction of sp³-hybridized carbons (Fsp3) is 0.818. The number of likely N-dealkylation sites (tertiary alicyclic amines) is 1. The minimum Gasteiger partial charge on any atom is -0.369 e. The van der Waals surface area contributed by atoms with Crippen LogP contribution in [0.1, 0.15) is 33.1 Å². The predicted molar refractivity (Wildman–Crippen MR) is 59.6 cm³/mol. The first-order chi connectivity index (χ1) is 7.52. The molecule has 1 heterocycles. The maximum atomic E-state index is 11.8. The number of primary amides is 1. The van der Waals surface area contributed by atoms with Crippen molar-refractivity contribution in [1.82, 2.24) is 4.90 Å². The Hall–Kier alpha value is -1.10. The molecular weight excluding hydrogens is 208 g/mol. The molecule has 16 heavy (non-hydrogen) atoms. The summed E-state index contributed by atoms with van der Waals surface area (Å²) in [7, 11) is 0. The average Bonchev–Trinajstić information content (AvgIpc) is 2.25. The molecule has 1 saturated heterocycles. The average molecular weight is 228 g/mol. The summed E-state index contributed by atoms with van der Waals surface area (Å²) in [6.07, 6.45) is 2.56. The monoisotopic (exact) mass is 228 g/mol. The molecule has 5 heteroatoms. The molecule has 1 aliphatic rings. The van der Waals surface area contributed by atoms with Gasteiger partial charge < -0.3 is 15.4 Å². The molecule has 1 aliphatic heterocycles. The van der Waals surface area contributed by atoms with Crippen LogP contribution < -0.4 is 5.73 Å². The lowest BCUT2D eigenvalue weighted by molar-refractivity contribution is -0.145. The van der Waals surface area contributed by atoms with Crippen molar-refractivity contribution in [1.29, 1.82) is 0 Å². The van der Waals surface area contributed by atoms with Gasteiger partial charge in [-0.15, -0.1) is 0 Å². The molecule has 1 unspecified atom stereocenters. The van der Waals surface area contributed by atoms with Crippen molar-refractivity contribution in [3.63, 3.8) is 0 Å². The van der Waals surface area contributed by atoms with E-state index in [2.05, 4.69) is 0 Å². The lowest BCUT2D eigenvalue weighted by Gasteiger charge is -2.33. The number of carbonyl (C=O) groups excluding carboxylic acids is 2. The van der Waals surface area contributed by atoms with Gasteiger partial charge in [-0.3, -0.25) is 9.59 Å². The molecule has 0 aliphatic carbocycles. The largest absolute Gasteiger partial charge is 0.369 e. The number of nitrogens with zero attached hydrogens (tertiary/aromatic N) is 1. The summed E-state index contributed by atoms with van der Waals surface area (Å²) in [5.74, 6) is -0.560. The molecule has 0 spiro atoms. The van der Waals surface area contributed by atoms with Crippen LogP contribution in [0.3, 0.4) is 0 Å². The van der Waals surface area contributed by atoms with E-state index in [0.29, 0.717) is 13.0 Å². The van der Waals surface area contributed by atoms with Crippen LogP contribution in [0.15, 0.2) is 0 Å². The minimum absolute atomic E-state index is 0.0146. The third kappa shape index (κ3) is 3.48. The van der Waals surface area contributed by atoms with Gasteiger partial charge in [-0.1, -0.05) is 0 Å². The van der Waals surface area contributed by atoms with Crippen molar-refractivity contribution in [2.75, 3.05) is 13.2 Å². The van der Waals surface area contributed by atoms with Gasteiger partial charge in [-0.2, -0.15) is 0 Å². The third-order valence-electron chi connectivity index (χ3n) is 2.69. The van der Waals surface area contributed by atoms with E-state index < -0.39 is 11.9 Å². The summed E-state index contributed by atoms with van der Waals surface area (Å²) in [6.45, 7) is 4.37. The fourth-order valence-electron chi connectivity index (χ4n) is 1.85. The number of hydrogen-bond acceptors (Lipinski definition) is 3. The molecule has 2 N–H and O–H groups in total. The van der Waals surface area contributed by atoms with Crippen molar-refractivity contribution in [3.05, 3.63) is 0 Å². The first-order valence-electron chi connectivity index (χ1n) is 5.72. The highest BCUT2D eigenvalue weighted by atomic mass is 16.5. The highest BCUT2D eigenvalue weighted by Gasteiger charge is 2.30. The predicted octanol–water partition coefficient (Wildman–Crippen LogP) is 0.278. The zero-order chi connectivity index (χ0) is 12.1. The molecule has 1 atom stereocenters. The summed E-state index contributed by atoms with van der Waals surface area (Å²) in [5, 5.41) is 0. The SMILES string of the molecule is CC(C)OCC(=O)N1CCCCC1C(N)=O. The van der Waals surface area contributed by atoms with Crippen LogP contribution in [0.4, 0.5) is 0 Å². The molecule has 92 valence electrons. The van der Waals surface area contributed by atoms with Gasteiger partial charge in [0, 0.05) is 6.54 Å². The summed E-state index contributed by atoms with van der Waals surface area (Å²) < 4.78 is 5.24. The van der Waals surface area contributed by atoms with Gasteiger partial charge in [0.25, 0.3) is 0 Å². The highest BCUT2D eigenvalue weighted by molar-refractivity contribution is 5.87. The number of ether oxygens (including phenoxy) is 1. The third-order valence-corrected chi connectivity index (χ3v) is 2.69. The van der Waals surface area contributed by atoms with Crippen LogP contribution in [0.25, 0.3) is 0 Å². The van der Waals surface area contributed by atoms with E-state index in [0.717, 1.165) is 12.8 Å². The van der Waals surface area contributed by atoms with E-state index in [-0.39, 0.29) is 18.6 Å². The number of rotatable bonds is 4. The van der Waals surface area contributed by atoms with Crippen molar-refractivity contribution < 1.29 is 14.3 Å². The maximum Gasteiger partial charge on any atom is 0.249 e. The Morgan fingerprint density at radius 1 is 1.44 bits per heavy atom. The molecular formula is C11H20N2O3. The summed E-state index contributed by atoms with van der Waals surface area (Å²) >= 11 is 0. The van der Waals surface area contributed by atoms with Crippen LogP contribution in [-0.4, -0.2) is 42.0 Å². The van der Waals surface area contributed by atoms with E-state index >= 15 is 0 Å². The van der Waals surface area contributed by atoms with Gasteiger partial charge in [0.1, 0.15) is 12.6 Å². The van der Waals surface area contributed by atoms with Crippen molar-refractivity contribution in [2.45, 2.75) is 45.3 Å². The molecule has 2 amide bonds. The Kier molecular flexibility index (Phi) is 4.73. The van der Waals surface area contributed by atoms with Crippen molar-refractivity contribution >= 4 is 11.8 Å². The number of hydrogen-bond donors (Lipinski definition) is 1. The number of amides is 2. The quantitative estimate of drug-likeness (QED) is 0.751. The van der Waals surface area contributed by atoms with E-state index in [1.54, 1.807) is 4.90 Å². The normalized spacial score (nSPS) is 21.2. The van der Waals surface area contributed by atoms with E-state index in [9.17, 15) is 9.59 Å². The molecule has 0 bridgehead atoms. The van der Waals surface area contributed by atoms with Crippen molar-refractivity contribution in [3.8, 4) is 0 Å². The Morgan fingerprint density at radius 3 is 2.69 bits per heavy atom. The number of piperidine rings is 1. The van der Waals surface area contributed by atoms with E-state index in [1.807, 2.05) is 13.8 Å². The van der Waals surface area contributed by atoms with Crippen LogP contribution >= 0.6 is 0 Å². The standard InChI is InChI=1S/C11H20N2O3/c1-8(2)16-7-10(14)13-6-4-3-5-9(13)11(12)15/h8-9H,3-7H2,1-2H3,(H2,12,15). The van der Waals surface area contributed by atoms with Crippen LogP contribution in [-0.2, 0) is 14.3 Å². The zero-order valence-electron chi connectivity index (χ0n) is 9.94. The molecule has 0 aromatic rings. The Morgan fingerprint density at radius 2 is 2.12 bits per heavy atom. The summed E-state index contributed by atoms with van der Waals surface area (Å²) in [6, 6.07) is -0.447. The Balaban J connectivity index is 2.54. The smallest absolute Gasteiger partial charge is 0.249 e. The topological polar surface area (TPSA) is 72.6 Å². The summed E-state index contributed by atoms with van der Waals surface area (Å²) in [5.41, 5.74) is 5.28. The molecule has 0 aromatic carbocycles. The second-order valence-electron chi connectivity index (χ2n) is 4.36. The summed E-state index contributed by atoms with van der Waals surface area (Å²) in [4.78, 5) is 24.6. The minimum atomic E-state index is -0.447. The van der Waals surface area contributed by atoms with Gasteiger partial charge in [-0.25, -0.2) is 0 Å². The molecule has 1 fully saturated rings. The van der Waals surface area contributed by atoms with E-state index in [4.69, 9.17) is 10.5 Å². The highest BCUT2D eigenvalue weighted by Crippen LogP contribution is 2.16. The number of carbonyl (C=O) groups is 2. The van der Waals surface area contributed by atoms with Crippen LogP contribution in [0.5, 0.6) is 0 Å². The number of nitrogens with two attached hydrogens (primary N) is 1. The fourth-order valence-corrected chi connectivity index (χ4v) is 1.85.